The van der Waals surface area contributed by atoms with Gasteiger partial charge in [-0.2, -0.15) is 21.6 Å². The second kappa shape index (κ2) is 4.92. The van der Waals surface area contributed by atoms with E-state index < -0.39 is 26.8 Å². The molecule has 1 aliphatic carbocycles. The molecule has 0 fully saturated rings. The zero-order valence-electron chi connectivity index (χ0n) is 9.78. The first-order valence-corrected chi connectivity index (χ1v) is 7.28. The Labute approximate surface area is 117 Å². The fraction of sp³-hybridized carbons (Fsp3) is 0.364. The van der Waals surface area contributed by atoms with Crippen LogP contribution in [0.4, 0.5) is 13.2 Å². The van der Waals surface area contributed by atoms with Crippen LogP contribution in [0.15, 0.2) is 18.2 Å². The van der Waals surface area contributed by atoms with E-state index in [0.29, 0.717) is 18.4 Å². The molecule has 1 aromatic carbocycles. The Morgan fingerprint density at radius 3 is 2.55 bits per heavy atom. The van der Waals surface area contributed by atoms with Crippen molar-refractivity contribution in [3.8, 4) is 5.75 Å². The number of Topliss-reactive ketones (excluding diaryl/α,β-unsaturated/α-hetero) is 1. The Morgan fingerprint density at radius 2 is 1.95 bits per heavy atom. The highest BCUT2D eigenvalue weighted by Crippen LogP contribution is 2.31. The fourth-order valence-electron chi connectivity index (χ4n) is 1.83. The highest BCUT2D eigenvalue weighted by atomic mass is 35.5. The summed E-state index contributed by atoms with van der Waals surface area (Å²) < 4.78 is 62.3. The van der Waals surface area contributed by atoms with Gasteiger partial charge < -0.3 is 4.18 Å². The molecule has 0 amide bonds. The maximum absolute atomic E-state index is 12.2. The van der Waals surface area contributed by atoms with Crippen LogP contribution in [0.2, 0.25) is 0 Å². The van der Waals surface area contributed by atoms with Crippen LogP contribution in [0.3, 0.4) is 0 Å². The molecule has 0 heterocycles. The third-order valence-corrected chi connectivity index (χ3v) is 4.18. The van der Waals surface area contributed by atoms with E-state index in [0.717, 1.165) is 12.1 Å². The number of fused-ring (bicyclic) bond motifs is 1. The zero-order valence-corrected chi connectivity index (χ0v) is 11.3. The number of hydrogen-bond acceptors (Lipinski definition) is 4. The van der Waals surface area contributed by atoms with Crippen LogP contribution in [-0.2, 0) is 16.5 Å². The lowest BCUT2D eigenvalue weighted by Crippen LogP contribution is -2.28. The lowest BCUT2D eigenvalue weighted by atomic mass is 9.90. The molecule has 1 aromatic rings. The zero-order chi connectivity index (χ0) is 15.1. The Balaban J connectivity index is 2.32. The Bertz CT molecular complexity index is 654. The van der Waals surface area contributed by atoms with E-state index in [4.69, 9.17) is 11.6 Å². The maximum atomic E-state index is 12.2. The van der Waals surface area contributed by atoms with E-state index in [1.807, 2.05) is 0 Å². The number of carbonyl (C=O) groups is 1. The van der Waals surface area contributed by atoms with Gasteiger partial charge in [-0.15, -0.1) is 11.6 Å². The van der Waals surface area contributed by atoms with Gasteiger partial charge in [0.1, 0.15) is 5.75 Å². The lowest BCUT2D eigenvalue weighted by Gasteiger charge is -2.19. The van der Waals surface area contributed by atoms with Gasteiger partial charge in [-0.3, -0.25) is 4.79 Å². The third-order valence-electron chi connectivity index (χ3n) is 2.78. The van der Waals surface area contributed by atoms with Crippen LogP contribution >= 0.6 is 11.6 Å². The van der Waals surface area contributed by atoms with Crippen molar-refractivity contribution in [3.63, 3.8) is 0 Å². The van der Waals surface area contributed by atoms with Gasteiger partial charge in [-0.1, -0.05) is 0 Å². The first kappa shape index (κ1) is 15.1. The Morgan fingerprint density at radius 1 is 1.30 bits per heavy atom. The molecule has 4 nitrogen and oxygen atoms in total. The molecular weight excluding hydrogens is 321 g/mol. The highest BCUT2D eigenvalue weighted by Gasteiger charge is 2.48. The molecule has 2 rings (SSSR count). The molecule has 110 valence electrons. The van der Waals surface area contributed by atoms with E-state index in [1.54, 1.807) is 0 Å². The topological polar surface area (TPSA) is 60.4 Å². The molecule has 20 heavy (non-hydrogen) atoms. The number of alkyl halides is 4. The second-order valence-corrected chi connectivity index (χ2v) is 6.24. The van der Waals surface area contributed by atoms with Crippen LogP contribution in [0.25, 0.3) is 0 Å². The third kappa shape index (κ3) is 2.76. The van der Waals surface area contributed by atoms with Gasteiger partial charge >= 0.3 is 15.6 Å². The van der Waals surface area contributed by atoms with Gasteiger partial charge in [0.25, 0.3) is 0 Å². The van der Waals surface area contributed by atoms with E-state index in [1.165, 1.54) is 6.07 Å². The smallest absolute Gasteiger partial charge is 0.376 e. The van der Waals surface area contributed by atoms with Crippen LogP contribution in [0, 0.1) is 0 Å². The summed E-state index contributed by atoms with van der Waals surface area (Å²) in [7, 11) is -5.71. The van der Waals surface area contributed by atoms with E-state index in [2.05, 4.69) is 4.18 Å². The van der Waals surface area contributed by atoms with Crippen molar-refractivity contribution in [2.45, 2.75) is 23.7 Å². The molecular formula is C11H8ClF3O4S. The summed E-state index contributed by atoms with van der Waals surface area (Å²) in [5.74, 6) is -0.819. The van der Waals surface area contributed by atoms with Crippen LogP contribution < -0.4 is 4.18 Å². The monoisotopic (exact) mass is 328 g/mol. The van der Waals surface area contributed by atoms with E-state index in [9.17, 15) is 26.4 Å². The average Bonchev–Trinajstić information content (AvgIpc) is 2.32. The first-order chi connectivity index (χ1) is 9.12. The van der Waals surface area contributed by atoms with Gasteiger partial charge in [0.15, 0.2) is 5.78 Å². The summed E-state index contributed by atoms with van der Waals surface area (Å²) in [5, 5.41) is -0.673. The van der Waals surface area contributed by atoms with Crippen molar-refractivity contribution in [2.75, 3.05) is 0 Å². The van der Waals surface area contributed by atoms with Gasteiger partial charge in [-0.05, 0) is 36.6 Å². The number of aryl methyl sites for hydroxylation is 1. The minimum absolute atomic E-state index is 0.271. The van der Waals surface area contributed by atoms with Gasteiger partial charge in [0.05, 0.1) is 5.38 Å². The molecule has 0 aromatic heterocycles. The summed E-state index contributed by atoms with van der Waals surface area (Å²) in [6.07, 6.45) is 0.696. The molecule has 1 unspecified atom stereocenters. The molecule has 0 spiro atoms. The predicted octanol–water partition coefficient (Wildman–Crippen LogP) is 2.65. The average molecular weight is 329 g/mol. The normalized spacial score (nSPS) is 19.6. The Hall–Kier alpha value is -1.28. The van der Waals surface area contributed by atoms with Gasteiger partial charge in [0, 0.05) is 5.56 Å². The molecule has 0 saturated heterocycles. The summed E-state index contributed by atoms with van der Waals surface area (Å²) in [6.45, 7) is 0. The summed E-state index contributed by atoms with van der Waals surface area (Å²) in [5.41, 5.74) is -4.81. The van der Waals surface area contributed by atoms with Crippen LogP contribution in [-0.4, -0.2) is 25.1 Å². The molecule has 0 radical (unpaired) electrons. The summed E-state index contributed by atoms with van der Waals surface area (Å²) in [6, 6.07) is 3.32. The number of benzene rings is 1. The largest absolute Gasteiger partial charge is 0.534 e. The highest BCUT2D eigenvalue weighted by molar-refractivity contribution is 7.88. The van der Waals surface area contributed by atoms with Crippen molar-refractivity contribution >= 4 is 27.5 Å². The molecule has 0 aliphatic heterocycles. The maximum Gasteiger partial charge on any atom is 0.534 e. The minimum Gasteiger partial charge on any atom is -0.376 e. The van der Waals surface area contributed by atoms with E-state index >= 15 is 0 Å². The van der Waals surface area contributed by atoms with E-state index in [-0.39, 0.29) is 11.3 Å². The van der Waals surface area contributed by atoms with Crippen LogP contribution in [0.1, 0.15) is 22.3 Å². The summed E-state index contributed by atoms with van der Waals surface area (Å²) >= 11 is 5.78. The first-order valence-electron chi connectivity index (χ1n) is 5.44. The fourth-order valence-corrected chi connectivity index (χ4v) is 2.50. The van der Waals surface area contributed by atoms with Crippen molar-refractivity contribution < 1.29 is 30.6 Å². The van der Waals surface area contributed by atoms with Crippen molar-refractivity contribution in [2.24, 2.45) is 0 Å². The molecule has 1 aliphatic rings. The van der Waals surface area contributed by atoms with Gasteiger partial charge in [-0.25, -0.2) is 0 Å². The van der Waals surface area contributed by atoms with Crippen molar-refractivity contribution in [1.82, 2.24) is 0 Å². The number of rotatable bonds is 2. The quantitative estimate of drug-likeness (QED) is 0.476. The predicted molar refractivity (Wildman–Crippen MR) is 64.3 cm³/mol. The van der Waals surface area contributed by atoms with Crippen molar-refractivity contribution in [3.05, 3.63) is 29.3 Å². The van der Waals surface area contributed by atoms with Crippen molar-refractivity contribution in [1.29, 1.82) is 0 Å². The SMILES string of the molecule is O=C1c2ccc(OS(=O)(=O)C(F)(F)F)cc2CCC1Cl. The molecule has 9 heteroatoms. The molecule has 0 saturated carbocycles. The van der Waals surface area contributed by atoms with Gasteiger partial charge in [0.2, 0.25) is 0 Å². The minimum atomic E-state index is -5.71. The number of carbonyl (C=O) groups excluding carboxylic acids is 1. The lowest BCUT2D eigenvalue weighted by molar-refractivity contribution is -0.0500. The molecule has 0 N–H and O–H groups in total. The molecule has 1 atom stereocenters. The second-order valence-electron chi connectivity index (χ2n) is 4.17. The number of halogens is 4. The Kier molecular flexibility index (Phi) is 3.72. The molecule has 0 bridgehead atoms. The summed E-state index contributed by atoms with van der Waals surface area (Å²) in [4.78, 5) is 11.7. The standard InChI is InChI=1S/C11H8ClF3O4S/c12-9-4-1-6-5-7(2-3-8(6)10(9)16)19-20(17,18)11(13,14)15/h2-3,5,9H,1,4H2. The number of hydrogen-bond donors (Lipinski definition) is 0. The number of ketones is 1. The van der Waals surface area contributed by atoms with Crippen LogP contribution in [0.5, 0.6) is 5.75 Å².